The lowest BCUT2D eigenvalue weighted by Crippen LogP contribution is -2.29. The number of nitrogens with one attached hydrogen (secondary N) is 1. The summed E-state index contributed by atoms with van der Waals surface area (Å²) in [7, 11) is 0. The van der Waals surface area contributed by atoms with E-state index >= 15 is 0 Å². The highest BCUT2D eigenvalue weighted by Gasteiger charge is 2.09. The highest BCUT2D eigenvalue weighted by atomic mass is 79.9. The van der Waals surface area contributed by atoms with Gasteiger partial charge in [-0.05, 0) is 24.3 Å². The predicted octanol–water partition coefficient (Wildman–Crippen LogP) is 4.31. The highest BCUT2D eigenvalue weighted by Crippen LogP contribution is 2.26. The monoisotopic (exact) mass is 416 g/mol. The van der Waals surface area contributed by atoms with E-state index in [1.54, 1.807) is 11.3 Å². The molecule has 0 fully saturated rings. The van der Waals surface area contributed by atoms with Crippen LogP contribution in [0.15, 0.2) is 64.5 Å². The van der Waals surface area contributed by atoms with Gasteiger partial charge in [-0.3, -0.25) is 4.79 Å². The lowest BCUT2D eigenvalue weighted by atomic mass is 10.2. The van der Waals surface area contributed by atoms with Crippen LogP contribution in [0.5, 0.6) is 5.75 Å². The van der Waals surface area contributed by atoms with E-state index in [1.807, 2.05) is 60.0 Å². The molecule has 0 atom stereocenters. The van der Waals surface area contributed by atoms with E-state index in [0.717, 1.165) is 26.5 Å². The second kappa shape index (κ2) is 8.78. The number of hydrogen-bond donors (Lipinski definition) is 1. The second-order valence-corrected chi connectivity index (χ2v) is 7.12. The van der Waals surface area contributed by atoms with Gasteiger partial charge in [-0.25, -0.2) is 4.98 Å². The molecule has 1 heterocycles. The summed E-state index contributed by atoms with van der Waals surface area (Å²) in [6.07, 6.45) is 0.274. The Morgan fingerprint density at radius 2 is 2.00 bits per heavy atom. The number of benzene rings is 2. The summed E-state index contributed by atoms with van der Waals surface area (Å²) >= 11 is 5.00. The minimum atomic E-state index is -0.0530. The molecule has 0 saturated carbocycles. The molecule has 25 heavy (non-hydrogen) atoms. The molecule has 4 nitrogen and oxygen atoms in total. The molecule has 0 spiro atoms. The highest BCUT2D eigenvalue weighted by molar-refractivity contribution is 9.10. The van der Waals surface area contributed by atoms with Gasteiger partial charge in [0.15, 0.2) is 0 Å². The number of nitrogens with zero attached hydrogens (tertiary/aromatic N) is 1. The number of thiazole rings is 1. The number of hydrogen-bond acceptors (Lipinski definition) is 4. The second-order valence-electron chi connectivity index (χ2n) is 5.34. The number of ether oxygens (including phenoxy) is 1. The molecule has 0 radical (unpaired) electrons. The smallest absolute Gasteiger partial charge is 0.226 e. The summed E-state index contributed by atoms with van der Waals surface area (Å²) in [5.41, 5.74) is 1.82. The molecular formula is C19H17BrN2O2S. The van der Waals surface area contributed by atoms with Crippen molar-refractivity contribution in [2.24, 2.45) is 0 Å². The van der Waals surface area contributed by atoms with Crippen LogP contribution in [0.3, 0.4) is 0 Å². The van der Waals surface area contributed by atoms with Crippen LogP contribution in [0.4, 0.5) is 0 Å². The Morgan fingerprint density at radius 3 is 2.80 bits per heavy atom. The van der Waals surface area contributed by atoms with Crippen LogP contribution >= 0.6 is 27.3 Å². The number of amides is 1. The quantitative estimate of drug-likeness (QED) is 0.583. The van der Waals surface area contributed by atoms with E-state index in [4.69, 9.17) is 4.74 Å². The van der Waals surface area contributed by atoms with Crippen LogP contribution in [0, 0.1) is 0 Å². The Morgan fingerprint density at radius 1 is 1.16 bits per heavy atom. The maximum Gasteiger partial charge on any atom is 0.226 e. The third kappa shape index (κ3) is 5.41. The van der Waals surface area contributed by atoms with E-state index in [2.05, 4.69) is 26.2 Å². The molecule has 0 aliphatic carbocycles. The summed E-state index contributed by atoms with van der Waals surface area (Å²) in [5.74, 6) is 0.748. The van der Waals surface area contributed by atoms with Crippen molar-refractivity contribution in [2.45, 2.75) is 6.42 Å². The van der Waals surface area contributed by atoms with Gasteiger partial charge in [0, 0.05) is 15.4 Å². The van der Waals surface area contributed by atoms with Crippen LogP contribution in [-0.2, 0) is 11.2 Å². The standard InChI is InChI=1S/C19H17BrN2O2S/c20-15-6-4-5-14(11-15)19-22-16(13-25-19)12-18(23)21-9-10-24-17-7-2-1-3-8-17/h1-8,11,13H,9-10,12H2,(H,21,23). The summed E-state index contributed by atoms with van der Waals surface area (Å²) in [6.45, 7) is 0.909. The number of carbonyl (C=O) groups excluding carboxylic acids is 1. The molecule has 0 aliphatic rings. The molecule has 0 bridgehead atoms. The summed E-state index contributed by atoms with van der Waals surface area (Å²) in [4.78, 5) is 16.6. The van der Waals surface area contributed by atoms with Gasteiger partial charge < -0.3 is 10.1 Å². The van der Waals surface area contributed by atoms with Gasteiger partial charge in [0.25, 0.3) is 0 Å². The molecule has 1 amide bonds. The summed E-state index contributed by atoms with van der Waals surface area (Å²) in [6, 6.07) is 17.5. The molecule has 1 aromatic heterocycles. The fraction of sp³-hybridized carbons (Fsp3) is 0.158. The third-order valence-electron chi connectivity index (χ3n) is 3.40. The summed E-state index contributed by atoms with van der Waals surface area (Å²) in [5, 5.41) is 5.69. The van der Waals surface area contributed by atoms with Gasteiger partial charge in [-0.2, -0.15) is 0 Å². The van der Waals surface area contributed by atoms with Gasteiger partial charge in [0.05, 0.1) is 18.7 Å². The first-order valence-electron chi connectivity index (χ1n) is 7.85. The molecule has 1 N–H and O–H groups in total. The van der Waals surface area contributed by atoms with Gasteiger partial charge in [-0.15, -0.1) is 11.3 Å². The fourth-order valence-corrected chi connectivity index (χ4v) is 3.46. The van der Waals surface area contributed by atoms with E-state index in [9.17, 15) is 4.79 Å². The zero-order chi connectivity index (χ0) is 17.5. The van der Waals surface area contributed by atoms with Crippen LogP contribution in [-0.4, -0.2) is 24.0 Å². The Hall–Kier alpha value is -2.18. The first kappa shape index (κ1) is 17.6. The number of halogens is 1. The van der Waals surface area contributed by atoms with Gasteiger partial charge in [-0.1, -0.05) is 46.3 Å². The Labute approximate surface area is 159 Å². The van der Waals surface area contributed by atoms with E-state index in [0.29, 0.717) is 13.2 Å². The molecule has 3 aromatic rings. The van der Waals surface area contributed by atoms with Crippen LogP contribution < -0.4 is 10.1 Å². The van der Waals surface area contributed by atoms with E-state index in [-0.39, 0.29) is 12.3 Å². The Bertz CT molecular complexity index is 836. The predicted molar refractivity (Wildman–Crippen MR) is 104 cm³/mol. The minimum Gasteiger partial charge on any atom is -0.492 e. The third-order valence-corrected chi connectivity index (χ3v) is 4.83. The largest absolute Gasteiger partial charge is 0.492 e. The minimum absolute atomic E-state index is 0.0530. The lowest BCUT2D eigenvalue weighted by Gasteiger charge is -2.07. The fourth-order valence-electron chi connectivity index (χ4n) is 2.25. The SMILES string of the molecule is O=C(Cc1csc(-c2cccc(Br)c2)n1)NCCOc1ccccc1. The molecule has 0 saturated heterocycles. The molecule has 128 valence electrons. The zero-order valence-corrected chi connectivity index (χ0v) is 15.8. The topological polar surface area (TPSA) is 51.2 Å². The first-order valence-corrected chi connectivity index (χ1v) is 9.53. The molecule has 0 aliphatic heterocycles. The molecule has 0 unspecified atom stereocenters. The van der Waals surface area contributed by atoms with Crippen molar-refractivity contribution < 1.29 is 9.53 Å². The average molecular weight is 417 g/mol. The van der Waals surface area contributed by atoms with Crippen molar-refractivity contribution in [1.82, 2.24) is 10.3 Å². The van der Waals surface area contributed by atoms with Crippen molar-refractivity contribution in [3.8, 4) is 16.3 Å². The normalized spacial score (nSPS) is 10.4. The van der Waals surface area contributed by atoms with E-state index < -0.39 is 0 Å². The zero-order valence-electron chi connectivity index (χ0n) is 13.4. The molecule has 2 aromatic carbocycles. The van der Waals surface area contributed by atoms with Crippen LogP contribution in [0.25, 0.3) is 10.6 Å². The van der Waals surface area contributed by atoms with Gasteiger partial charge in [0.2, 0.25) is 5.91 Å². The molecule has 3 rings (SSSR count). The van der Waals surface area contributed by atoms with Crippen molar-refractivity contribution in [3.63, 3.8) is 0 Å². The molecular weight excluding hydrogens is 400 g/mol. The Balaban J connectivity index is 1.45. The first-order chi connectivity index (χ1) is 12.2. The van der Waals surface area contributed by atoms with Crippen molar-refractivity contribution in [2.75, 3.05) is 13.2 Å². The number of para-hydroxylation sites is 1. The number of carbonyl (C=O) groups is 1. The Kier molecular flexibility index (Phi) is 6.19. The number of aromatic nitrogens is 1. The summed E-state index contributed by atoms with van der Waals surface area (Å²) < 4.78 is 6.56. The van der Waals surface area contributed by atoms with Crippen LogP contribution in [0.1, 0.15) is 5.69 Å². The van der Waals surface area contributed by atoms with Crippen molar-refractivity contribution in [3.05, 3.63) is 70.1 Å². The van der Waals surface area contributed by atoms with Gasteiger partial charge in [0.1, 0.15) is 17.4 Å². The van der Waals surface area contributed by atoms with Crippen molar-refractivity contribution in [1.29, 1.82) is 0 Å². The van der Waals surface area contributed by atoms with Crippen LogP contribution in [0.2, 0.25) is 0 Å². The molecule has 6 heteroatoms. The van der Waals surface area contributed by atoms with E-state index in [1.165, 1.54) is 0 Å². The average Bonchev–Trinajstić information content (AvgIpc) is 3.08. The number of rotatable bonds is 7. The lowest BCUT2D eigenvalue weighted by molar-refractivity contribution is -0.120. The maximum atomic E-state index is 12.0. The van der Waals surface area contributed by atoms with Crippen molar-refractivity contribution >= 4 is 33.2 Å². The van der Waals surface area contributed by atoms with Gasteiger partial charge >= 0.3 is 0 Å². The maximum absolute atomic E-state index is 12.0.